The summed E-state index contributed by atoms with van der Waals surface area (Å²) < 4.78 is 53.9. The molecule has 0 unspecified atom stereocenters. The highest BCUT2D eigenvalue weighted by Crippen LogP contribution is 2.30. The van der Waals surface area contributed by atoms with Crippen molar-refractivity contribution in [1.82, 2.24) is 15.2 Å². The highest BCUT2D eigenvalue weighted by molar-refractivity contribution is 5.79. The number of amides is 1. The maximum atomic E-state index is 13.8. The number of nitrogens with one attached hydrogen (secondary N) is 1. The van der Waals surface area contributed by atoms with Gasteiger partial charge in [0.2, 0.25) is 17.5 Å². The van der Waals surface area contributed by atoms with Crippen LogP contribution in [0.4, 0.5) is 23.2 Å². The number of rotatable bonds is 5. The van der Waals surface area contributed by atoms with Gasteiger partial charge < -0.3 is 15.1 Å². The Morgan fingerprint density at radius 2 is 1.71 bits per heavy atom. The van der Waals surface area contributed by atoms with E-state index in [2.05, 4.69) is 10.3 Å². The summed E-state index contributed by atoms with van der Waals surface area (Å²) >= 11 is 0. The van der Waals surface area contributed by atoms with E-state index < -0.39 is 29.2 Å². The predicted molar refractivity (Wildman–Crippen MR) is 80.6 cm³/mol. The van der Waals surface area contributed by atoms with E-state index in [1.165, 1.54) is 4.90 Å². The van der Waals surface area contributed by atoms with E-state index in [0.29, 0.717) is 25.9 Å². The molecular formula is C15H20F4N4O. The number of halogens is 4. The van der Waals surface area contributed by atoms with Crippen LogP contribution in [0.25, 0.3) is 0 Å². The molecule has 0 aliphatic carbocycles. The van der Waals surface area contributed by atoms with Crippen molar-refractivity contribution in [3.63, 3.8) is 0 Å². The van der Waals surface area contributed by atoms with E-state index >= 15 is 0 Å². The summed E-state index contributed by atoms with van der Waals surface area (Å²) in [4.78, 5) is 17.7. The molecule has 1 aliphatic heterocycles. The van der Waals surface area contributed by atoms with Crippen molar-refractivity contribution in [3.05, 3.63) is 23.5 Å². The highest BCUT2D eigenvalue weighted by Gasteiger charge is 2.30. The van der Waals surface area contributed by atoms with Crippen molar-refractivity contribution < 1.29 is 22.4 Å². The third-order valence-corrected chi connectivity index (χ3v) is 4.01. The van der Waals surface area contributed by atoms with Crippen molar-refractivity contribution in [2.24, 2.45) is 5.92 Å². The topological polar surface area (TPSA) is 48.5 Å². The molecule has 24 heavy (non-hydrogen) atoms. The van der Waals surface area contributed by atoms with E-state index in [1.54, 1.807) is 0 Å². The molecule has 134 valence electrons. The van der Waals surface area contributed by atoms with Crippen LogP contribution in [0.5, 0.6) is 0 Å². The fourth-order valence-electron chi connectivity index (χ4n) is 2.67. The lowest BCUT2D eigenvalue weighted by atomic mass is 9.95. The van der Waals surface area contributed by atoms with Crippen LogP contribution in [0.2, 0.25) is 0 Å². The first kappa shape index (κ1) is 18.4. The lowest BCUT2D eigenvalue weighted by molar-refractivity contribution is -0.125. The number of piperidine rings is 1. The number of nitrogens with zero attached hydrogens (tertiary/aromatic N) is 3. The molecule has 1 amide bonds. The lowest BCUT2D eigenvalue weighted by Crippen LogP contribution is -2.42. The average molecular weight is 348 g/mol. The van der Waals surface area contributed by atoms with Gasteiger partial charge in [0.05, 0.1) is 0 Å². The fraction of sp³-hybridized carbons (Fsp3) is 0.600. The largest absolute Gasteiger partial charge is 0.366 e. The van der Waals surface area contributed by atoms with Gasteiger partial charge in [-0.25, -0.2) is 0 Å². The molecule has 0 aromatic carbocycles. The first-order valence-electron chi connectivity index (χ1n) is 7.68. The molecule has 1 saturated heterocycles. The van der Waals surface area contributed by atoms with Crippen LogP contribution in [0.3, 0.4) is 0 Å². The minimum absolute atomic E-state index is 0.121. The summed E-state index contributed by atoms with van der Waals surface area (Å²) in [6, 6.07) is 0. The first-order chi connectivity index (χ1) is 11.3. The molecule has 0 radical (unpaired) electrons. The van der Waals surface area contributed by atoms with Gasteiger partial charge in [0, 0.05) is 32.1 Å². The molecule has 9 heteroatoms. The second-order valence-electron chi connectivity index (χ2n) is 6.03. The molecule has 2 rings (SSSR count). The fourth-order valence-corrected chi connectivity index (χ4v) is 2.67. The summed E-state index contributed by atoms with van der Waals surface area (Å²) in [5.41, 5.74) is -0.758. The van der Waals surface area contributed by atoms with Gasteiger partial charge >= 0.3 is 0 Å². The van der Waals surface area contributed by atoms with Crippen LogP contribution in [-0.4, -0.2) is 56.1 Å². The third-order valence-electron chi connectivity index (χ3n) is 4.01. The Morgan fingerprint density at radius 1 is 1.17 bits per heavy atom. The standard InChI is InChI=1S/C15H20F4N4O/c1-22(2)8-5-20-15(24)9-3-6-23(7-4-9)12-10(16)13(18)21-14(19)11(12)17/h9H,3-8H2,1-2H3,(H,20,24). The number of pyridine rings is 1. The summed E-state index contributed by atoms with van der Waals surface area (Å²) in [5.74, 6) is -6.78. The van der Waals surface area contributed by atoms with E-state index in [-0.39, 0.29) is 24.9 Å². The Balaban J connectivity index is 1.97. The number of hydrogen-bond donors (Lipinski definition) is 1. The molecule has 0 spiro atoms. The van der Waals surface area contributed by atoms with E-state index in [9.17, 15) is 22.4 Å². The van der Waals surface area contributed by atoms with Crippen molar-refractivity contribution >= 4 is 11.6 Å². The Labute approximate surface area is 137 Å². The summed E-state index contributed by atoms with van der Waals surface area (Å²) in [7, 11) is 3.78. The molecule has 1 N–H and O–H groups in total. The van der Waals surface area contributed by atoms with Crippen LogP contribution in [0.1, 0.15) is 12.8 Å². The molecule has 5 nitrogen and oxygen atoms in total. The van der Waals surface area contributed by atoms with Gasteiger partial charge in [-0.15, -0.1) is 0 Å². The van der Waals surface area contributed by atoms with E-state index in [4.69, 9.17) is 0 Å². The number of anilines is 1. The molecule has 1 aromatic rings. The second-order valence-corrected chi connectivity index (χ2v) is 6.03. The number of carbonyl (C=O) groups excluding carboxylic acids is 1. The Morgan fingerprint density at radius 3 is 2.21 bits per heavy atom. The monoisotopic (exact) mass is 348 g/mol. The number of likely N-dealkylation sites (N-methyl/N-ethyl adjacent to an activating group) is 1. The van der Waals surface area contributed by atoms with Crippen LogP contribution < -0.4 is 10.2 Å². The van der Waals surface area contributed by atoms with Gasteiger partial charge in [-0.2, -0.15) is 22.5 Å². The molecule has 0 saturated carbocycles. The quantitative estimate of drug-likeness (QED) is 0.648. The molecule has 0 bridgehead atoms. The molecule has 1 aromatic heterocycles. The van der Waals surface area contributed by atoms with Crippen LogP contribution in [0, 0.1) is 29.4 Å². The van der Waals surface area contributed by atoms with Crippen LogP contribution >= 0.6 is 0 Å². The smallest absolute Gasteiger partial charge is 0.253 e. The number of carbonyl (C=O) groups is 1. The average Bonchev–Trinajstić information content (AvgIpc) is 2.53. The lowest BCUT2D eigenvalue weighted by Gasteiger charge is -2.33. The SMILES string of the molecule is CN(C)CCNC(=O)C1CCN(c2c(F)c(F)nc(F)c2F)CC1. The van der Waals surface area contributed by atoms with Gasteiger partial charge in [-0.3, -0.25) is 4.79 Å². The zero-order valence-electron chi connectivity index (χ0n) is 13.6. The van der Waals surface area contributed by atoms with Crippen molar-refractivity contribution in [2.45, 2.75) is 12.8 Å². The predicted octanol–water partition coefficient (Wildman–Crippen LogP) is 1.53. The molecule has 0 atom stereocenters. The number of hydrogen-bond acceptors (Lipinski definition) is 4. The van der Waals surface area contributed by atoms with Crippen molar-refractivity contribution in [2.75, 3.05) is 45.2 Å². The Kier molecular flexibility index (Phi) is 5.98. The molecule has 1 aliphatic rings. The summed E-state index contributed by atoms with van der Waals surface area (Å²) in [5, 5.41) is 2.80. The van der Waals surface area contributed by atoms with E-state index in [1.807, 2.05) is 19.0 Å². The minimum atomic E-state index is -1.67. The van der Waals surface area contributed by atoms with Gasteiger partial charge in [0.25, 0.3) is 11.9 Å². The minimum Gasteiger partial charge on any atom is -0.366 e. The van der Waals surface area contributed by atoms with Gasteiger partial charge in [0.15, 0.2) is 0 Å². The Hall–Kier alpha value is -1.90. The van der Waals surface area contributed by atoms with E-state index in [0.717, 1.165) is 0 Å². The second kappa shape index (κ2) is 7.78. The van der Waals surface area contributed by atoms with Crippen molar-refractivity contribution in [1.29, 1.82) is 0 Å². The molecule has 2 heterocycles. The highest BCUT2D eigenvalue weighted by atomic mass is 19.2. The molecular weight excluding hydrogens is 328 g/mol. The zero-order valence-corrected chi connectivity index (χ0v) is 13.6. The normalized spacial score (nSPS) is 15.9. The summed E-state index contributed by atoms with van der Waals surface area (Å²) in [6.45, 7) is 1.47. The van der Waals surface area contributed by atoms with Crippen LogP contribution in [0.15, 0.2) is 0 Å². The maximum absolute atomic E-state index is 13.8. The van der Waals surface area contributed by atoms with Crippen LogP contribution in [-0.2, 0) is 4.79 Å². The Bertz CT molecular complexity index is 577. The third kappa shape index (κ3) is 4.14. The maximum Gasteiger partial charge on any atom is 0.253 e. The van der Waals surface area contributed by atoms with Gasteiger partial charge in [-0.05, 0) is 26.9 Å². The van der Waals surface area contributed by atoms with Crippen molar-refractivity contribution in [3.8, 4) is 0 Å². The summed E-state index contributed by atoms with van der Waals surface area (Å²) in [6.07, 6.45) is 0.691. The van der Waals surface area contributed by atoms with Gasteiger partial charge in [-0.1, -0.05) is 0 Å². The zero-order chi connectivity index (χ0) is 17.9. The first-order valence-corrected chi connectivity index (χ1v) is 7.68. The van der Waals surface area contributed by atoms with Gasteiger partial charge in [0.1, 0.15) is 5.69 Å². The number of aromatic nitrogens is 1. The molecule has 1 fully saturated rings.